The number of ether oxygens (including phenoxy) is 1. The first-order valence-electron chi connectivity index (χ1n) is 9.20. The number of halogens is 1. The highest BCUT2D eigenvalue weighted by molar-refractivity contribution is 7.10. The maximum absolute atomic E-state index is 13.3. The predicted octanol–water partition coefficient (Wildman–Crippen LogP) is 4.52. The van der Waals surface area contributed by atoms with Crippen LogP contribution in [-0.4, -0.2) is 28.8 Å². The van der Waals surface area contributed by atoms with Gasteiger partial charge in [-0.15, -0.1) is 11.3 Å². The van der Waals surface area contributed by atoms with E-state index in [9.17, 15) is 19.1 Å². The summed E-state index contributed by atoms with van der Waals surface area (Å²) in [4.78, 5) is 28.0. The summed E-state index contributed by atoms with van der Waals surface area (Å²) >= 11 is 1.39. The van der Waals surface area contributed by atoms with E-state index < -0.39 is 17.7 Å². The number of aliphatic hydroxyl groups is 1. The van der Waals surface area contributed by atoms with Gasteiger partial charge < -0.3 is 14.7 Å². The SMILES string of the molecule is COc1cccc(/C(O)=C2/C(=O)C(=O)N(Cc3ccc(F)cc3)C2c2cccs2)c1. The molecule has 0 spiro atoms. The lowest BCUT2D eigenvalue weighted by Crippen LogP contribution is -2.28. The minimum Gasteiger partial charge on any atom is -0.507 e. The molecule has 2 heterocycles. The van der Waals surface area contributed by atoms with Gasteiger partial charge in [0.2, 0.25) is 0 Å². The molecule has 1 amide bonds. The zero-order chi connectivity index (χ0) is 21.3. The number of Topliss-reactive ketones (excluding diaryl/α,β-unsaturated/α-hetero) is 1. The Balaban J connectivity index is 1.82. The van der Waals surface area contributed by atoms with E-state index >= 15 is 0 Å². The molecule has 2 aromatic carbocycles. The maximum Gasteiger partial charge on any atom is 0.295 e. The number of aliphatic hydroxyl groups excluding tert-OH is 1. The van der Waals surface area contributed by atoms with Gasteiger partial charge in [0, 0.05) is 17.0 Å². The van der Waals surface area contributed by atoms with Crippen molar-refractivity contribution in [1.82, 2.24) is 4.90 Å². The maximum atomic E-state index is 13.3. The number of thiophene rings is 1. The van der Waals surface area contributed by atoms with E-state index in [0.717, 1.165) is 4.88 Å². The van der Waals surface area contributed by atoms with E-state index in [1.54, 1.807) is 36.4 Å². The molecule has 1 atom stereocenters. The largest absolute Gasteiger partial charge is 0.507 e. The fourth-order valence-electron chi connectivity index (χ4n) is 3.50. The van der Waals surface area contributed by atoms with Gasteiger partial charge in [0.05, 0.1) is 18.7 Å². The molecule has 1 saturated heterocycles. The Kier molecular flexibility index (Phi) is 5.37. The quantitative estimate of drug-likeness (QED) is 0.372. The van der Waals surface area contributed by atoms with Gasteiger partial charge in [0.25, 0.3) is 11.7 Å². The van der Waals surface area contributed by atoms with Gasteiger partial charge in [-0.25, -0.2) is 4.39 Å². The number of carbonyl (C=O) groups excluding carboxylic acids is 2. The van der Waals surface area contributed by atoms with Crippen molar-refractivity contribution in [3.8, 4) is 5.75 Å². The molecule has 0 aliphatic carbocycles. The van der Waals surface area contributed by atoms with Crippen molar-refractivity contribution in [2.24, 2.45) is 0 Å². The summed E-state index contributed by atoms with van der Waals surface area (Å²) in [6.07, 6.45) is 0. The second kappa shape index (κ2) is 8.12. The molecule has 0 radical (unpaired) electrons. The lowest BCUT2D eigenvalue weighted by atomic mass is 9.99. The van der Waals surface area contributed by atoms with Crippen molar-refractivity contribution >= 4 is 28.8 Å². The van der Waals surface area contributed by atoms with Gasteiger partial charge in [-0.05, 0) is 41.3 Å². The van der Waals surface area contributed by atoms with Crippen molar-refractivity contribution in [2.45, 2.75) is 12.6 Å². The highest BCUT2D eigenvalue weighted by Crippen LogP contribution is 2.42. The molecule has 5 nitrogen and oxygen atoms in total. The molecule has 1 aliphatic heterocycles. The molecule has 30 heavy (non-hydrogen) atoms. The molecule has 1 N–H and O–H groups in total. The number of amides is 1. The molecule has 1 aromatic heterocycles. The van der Waals surface area contributed by atoms with Gasteiger partial charge in [-0.3, -0.25) is 9.59 Å². The minimum atomic E-state index is -0.754. The van der Waals surface area contributed by atoms with E-state index in [1.165, 1.54) is 35.5 Å². The molecule has 3 aromatic rings. The number of likely N-dealkylation sites (tertiary alicyclic amines) is 1. The van der Waals surface area contributed by atoms with Crippen molar-refractivity contribution in [1.29, 1.82) is 0 Å². The monoisotopic (exact) mass is 423 g/mol. The zero-order valence-electron chi connectivity index (χ0n) is 16.0. The fourth-order valence-corrected chi connectivity index (χ4v) is 4.34. The van der Waals surface area contributed by atoms with Gasteiger partial charge in [-0.2, -0.15) is 0 Å². The summed E-state index contributed by atoms with van der Waals surface area (Å²) < 4.78 is 18.5. The highest BCUT2D eigenvalue weighted by Gasteiger charge is 2.46. The summed E-state index contributed by atoms with van der Waals surface area (Å²) in [5.41, 5.74) is 1.09. The van der Waals surface area contributed by atoms with E-state index in [0.29, 0.717) is 16.9 Å². The molecule has 4 rings (SSSR count). The second-order valence-electron chi connectivity index (χ2n) is 6.80. The Morgan fingerprint density at radius 3 is 2.57 bits per heavy atom. The zero-order valence-corrected chi connectivity index (χ0v) is 16.9. The van der Waals surface area contributed by atoms with Gasteiger partial charge in [0.1, 0.15) is 17.3 Å². The number of ketones is 1. The van der Waals surface area contributed by atoms with Crippen molar-refractivity contribution in [2.75, 3.05) is 7.11 Å². The Morgan fingerprint density at radius 2 is 1.90 bits per heavy atom. The minimum absolute atomic E-state index is 0.0258. The average Bonchev–Trinajstić information content (AvgIpc) is 3.37. The van der Waals surface area contributed by atoms with Gasteiger partial charge in [0.15, 0.2) is 0 Å². The third kappa shape index (κ3) is 3.59. The predicted molar refractivity (Wildman–Crippen MR) is 112 cm³/mol. The van der Waals surface area contributed by atoms with Crippen LogP contribution in [0, 0.1) is 5.82 Å². The molecule has 0 bridgehead atoms. The van der Waals surface area contributed by atoms with E-state index in [4.69, 9.17) is 4.74 Å². The average molecular weight is 423 g/mol. The van der Waals surface area contributed by atoms with E-state index in [-0.39, 0.29) is 23.7 Å². The summed E-state index contributed by atoms with van der Waals surface area (Å²) in [6, 6.07) is 15.3. The summed E-state index contributed by atoms with van der Waals surface area (Å²) in [7, 11) is 1.51. The standard InChI is InChI=1S/C23H18FNO4S/c1-29-17-5-2-4-15(12-17)21(26)19-20(18-6-3-11-30-18)25(23(28)22(19)27)13-14-7-9-16(24)10-8-14/h2-12,20,26H,13H2,1H3/b21-19-. The Bertz CT molecular complexity index is 1120. The molecule has 1 fully saturated rings. The Labute approximate surface area is 176 Å². The summed E-state index contributed by atoms with van der Waals surface area (Å²) in [5, 5.41) is 12.8. The first-order chi connectivity index (χ1) is 14.5. The summed E-state index contributed by atoms with van der Waals surface area (Å²) in [5.74, 6) is -1.58. The van der Waals surface area contributed by atoms with Gasteiger partial charge >= 0.3 is 0 Å². The van der Waals surface area contributed by atoms with Gasteiger partial charge in [-0.1, -0.05) is 30.3 Å². The molecule has 7 heteroatoms. The molecular weight excluding hydrogens is 405 g/mol. The molecule has 152 valence electrons. The number of rotatable bonds is 5. The van der Waals surface area contributed by atoms with Crippen LogP contribution in [0.15, 0.2) is 71.6 Å². The molecule has 0 saturated carbocycles. The highest BCUT2D eigenvalue weighted by atomic mass is 32.1. The molecule has 1 unspecified atom stereocenters. The van der Waals surface area contributed by atoms with Crippen molar-refractivity contribution < 1.29 is 23.8 Å². The van der Waals surface area contributed by atoms with E-state index in [2.05, 4.69) is 0 Å². The summed E-state index contributed by atoms with van der Waals surface area (Å²) in [6.45, 7) is 0.113. The first-order valence-corrected chi connectivity index (χ1v) is 10.1. The Hall–Kier alpha value is -3.45. The molecular formula is C23H18FNO4S. The lowest BCUT2D eigenvalue weighted by Gasteiger charge is -2.24. The van der Waals surface area contributed by atoms with Crippen molar-refractivity contribution in [3.63, 3.8) is 0 Å². The van der Waals surface area contributed by atoms with E-state index in [1.807, 2.05) is 17.5 Å². The van der Waals surface area contributed by atoms with Crippen LogP contribution in [0.3, 0.4) is 0 Å². The third-order valence-electron chi connectivity index (χ3n) is 4.96. The first kappa shape index (κ1) is 19.8. The Morgan fingerprint density at radius 1 is 1.13 bits per heavy atom. The number of methoxy groups -OCH3 is 1. The smallest absolute Gasteiger partial charge is 0.295 e. The fraction of sp³-hybridized carbons (Fsp3) is 0.130. The van der Waals surface area contributed by atoms with Crippen molar-refractivity contribution in [3.05, 3.63) is 93.4 Å². The number of hydrogen-bond acceptors (Lipinski definition) is 5. The number of carbonyl (C=O) groups is 2. The second-order valence-corrected chi connectivity index (χ2v) is 7.78. The van der Waals surface area contributed by atoms with Crippen LogP contribution in [0.4, 0.5) is 4.39 Å². The number of hydrogen-bond donors (Lipinski definition) is 1. The number of nitrogens with zero attached hydrogens (tertiary/aromatic N) is 1. The van der Waals surface area contributed by atoms with Crippen LogP contribution in [0.1, 0.15) is 22.0 Å². The molecule has 1 aliphatic rings. The van der Waals surface area contributed by atoms with Crippen LogP contribution in [-0.2, 0) is 16.1 Å². The van der Waals surface area contributed by atoms with Crippen LogP contribution in [0.5, 0.6) is 5.75 Å². The lowest BCUT2D eigenvalue weighted by molar-refractivity contribution is -0.140. The van der Waals surface area contributed by atoms with Crippen LogP contribution in [0.25, 0.3) is 5.76 Å². The number of benzene rings is 2. The van der Waals surface area contributed by atoms with Crippen LogP contribution in [0.2, 0.25) is 0 Å². The topological polar surface area (TPSA) is 66.8 Å². The van der Waals surface area contributed by atoms with Crippen LogP contribution < -0.4 is 4.74 Å². The normalized spacial score (nSPS) is 18.1. The van der Waals surface area contributed by atoms with Crippen LogP contribution >= 0.6 is 11.3 Å². The third-order valence-corrected chi connectivity index (χ3v) is 5.89.